The second-order valence-electron chi connectivity index (χ2n) is 8.51. The van der Waals surface area contributed by atoms with Crippen LogP contribution in [0.25, 0.3) is 15.9 Å². The number of anilines is 1. The third-order valence-corrected chi connectivity index (χ3v) is 7.05. The number of hydrogen-bond donors (Lipinski definition) is 2. The van der Waals surface area contributed by atoms with Gasteiger partial charge in [0, 0.05) is 48.5 Å². The van der Waals surface area contributed by atoms with Gasteiger partial charge < -0.3 is 25.4 Å². The van der Waals surface area contributed by atoms with E-state index in [1.807, 2.05) is 60.3 Å². The average molecular weight is 518 g/mol. The highest BCUT2D eigenvalue weighted by atomic mass is 32.1. The quantitative estimate of drug-likeness (QED) is 0.199. The van der Waals surface area contributed by atoms with Gasteiger partial charge in [0.05, 0.1) is 11.4 Å². The van der Waals surface area contributed by atoms with Crippen molar-refractivity contribution >= 4 is 45.0 Å². The molecule has 11 heteroatoms. The Hall–Kier alpha value is -4.25. The van der Waals surface area contributed by atoms with E-state index in [-0.39, 0.29) is 24.4 Å². The Morgan fingerprint density at radius 3 is 2.70 bits per heavy atom. The number of carbonyl (C=O) groups excluding carboxylic acids is 2. The van der Waals surface area contributed by atoms with Gasteiger partial charge in [-0.25, -0.2) is 9.97 Å². The molecule has 0 unspecified atom stereocenters. The first-order chi connectivity index (χ1) is 18.0. The van der Waals surface area contributed by atoms with Gasteiger partial charge in [0.25, 0.3) is 5.91 Å². The molecule has 3 aromatic heterocycles. The highest BCUT2D eigenvalue weighted by molar-refractivity contribution is 7.20. The van der Waals surface area contributed by atoms with E-state index < -0.39 is 0 Å². The van der Waals surface area contributed by atoms with Crippen LogP contribution in [0.1, 0.15) is 40.7 Å². The molecule has 5 rings (SSSR count). The zero-order valence-electron chi connectivity index (χ0n) is 20.4. The molecular weight excluding hydrogens is 490 g/mol. The lowest BCUT2D eigenvalue weighted by atomic mass is 10.0. The first kappa shape index (κ1) is 24.4. The maximum atomic E-state index is 12.5. The van der Waals surface area contributed by atoms with Crippen molar-refractivity contribution in [1.29, 1.82) is 0 Å². The molecule has 0 atom stereocenters. The van der Waals surface area contributed by atoms with Gasteiger partial charge in [0.1, 0.15) is 22.8 Å². The van der Waals surface area contributed by atoms with E-state index in [2.05, 4.69) is 20.4 Å². The molecule has 1 aliphatic heterocycles. The number of rotatable bonds is 9. The van der Waals surface area contributed by atoms with Crippen LogP contribution in [-0.2, 0) is 9.63 Å². The lowest BCUT2D eigenvalue weighted by Gasteiger charge is -2.14. The molecule has 0 saturated carbocycles. The summed E-state index contributed by atoms with van der Waals surface area (Å²) < 4.78 is 2.00. The van der Waals surface area contributed by atoms with Gasteiger partial charge in [-0.15, -0.1) is 11.3 Å². The Balaban J connectivity index is 1.51. The van der Waals surface area contributed by atoms with Gasteiger partial charge in [-0.1, -0.05) is 17.3 Å². The first-order valence-corrected chi connectivity index (χ1v) is 12.9. The molecule has 1 aromatic carbocycles. The number of likely N-dealkylation sites (tertiary alicyclic amines) is 1. The Labute approximate surface area is 217 Å². The zero-order chi connectivity index (χ0) is 25.8. The van der Waals surface area contributed by atoms with Crippen molar-refractivity contribution < 1.29 is 14.4 Å². The highest BCUT2D eigenvalue weighted by Gasteiger charge is 2.22. The predicted molar refractivity (Wildman–Crippen MR) is 143 cm³/mol. The van der Waals surface area contributed by atoms with Crippen molar-refractivity contribution in [1.82, 2.24) is 24.8 Å². The van der Waals surface area contributed by atoms with Crippen LogP contribution < -0.4 is 11.1 Å². The number of oxime groups is 1. The zero-order valence-corrected chi connectivity index (χ0v) is 21.2. The summed E-state index contributed by atoms with van der Waals surface area (Å²) in [5, 5.41) is 7.93. The number of aromatic nitrogens is 3. The van der Waals surface area contributed by atoms with E-state index in [0.717, 1.165) is 24.2 Å². The monoisotopic (exact) mass is 517 g/mol. The van der Waals surface area contributed by atoms with Crippen LogP contribution in [0.4, 0.5) is 5.95 Å². The number of nitrogen functional groups attached to an aromatic ring is 1. The predicted octanol–water partition coefficient (Wildman–Crippen LogP) is 3.21. The normalized spacial score (nSPS) is 13.9. The Morgan fingerprint density at radius 2 is 2.00 bits per heavy atom. The van der Waals surface area contributed by atoms with Crippen molar-refractivity contribution in [2.75, 3.05) is 32.0 Å². The van der Waals surface area contributed by atoms with Crippen LogP contribution in [0.3, 0.4) is 0 Å². The van der Waals surface area contributed by atoms with E-state index in [9.17, 15) is 9.59 Å². The minimum atomic E-state index is -0.184. The molecule has 0 aliphatic carbocycles. The van der Waals surface area contributed by atoms with Crippen LogP contribution in [0.5, 0.6) is 0 Å². The van der Waals surface area contributed by atoms with Crippen LogP contribution in [0.2, 0.25) is 0 Å². The summed E-state index contributed by atoms with van der Waals surface area (Å²) in [7, 11) is 0. The second kappa shape index (κ2) is 10.8. The number of amides is 2. The summed E-state index contributed by atoms with van der Waals surface area (Å²) in [6.07, 6.45) is 5.38. The lowest BCUT2D eigenvalue weighted by Crippen LogP contribution is -2.28. The largest absolute Gasteiger partial charge is 0.393 e. The molecule has 0 spiro atoms. The molecule has 4 heterocycles. The Kier molecular flexibility index (Phi) is 7.13. The second-order valence-corrected chi connectivity index (χ2v) is 9.54. The highest BCUT2D eigenvalue weighted by Crippen LogP contribution is 2.29. The number of nitrogens with two attached hydrogens (primary N) is 1. The molecule has 0 bridgehead atoms. The van der Waals surface area contributed by atoms with Gasteiger partial charge in [-0.05, 0) is 43.7 Å². The van der Waals surface area contributed by atoms with Crippen molar-refractivity contribution in [2.45, 2.75) is 19.8 Å². The van der Waals surface area contributed by atoms with E-state index in [4.69, 9.17) is 10.6 Å². The van der Waals surface area contributed by atoms with Gasteiger partial charge in [0.15, 0.2) is 0 Å². The lowest BCUT2D eigenvalue weighted by molar-refractivity contribution is -0.128. The average Bonchev–Trinajstić information content (AvgIpc) is 3.66. The number of hydrogen-bond acceptors (Lipinski definition) is 8. The minimum Gasteiger partial charge on any atom is -0.393 e. The maximum absolute atomic E-state index is 12.5. The van der Waals surface area contributed by atoms with Crippen LogP contribution >= 0.6 is 11.3 Å². The molecule has 190 valence electrons. The molecule has 10 nitrogen and oxygen atoms in total. The van der Waals surface area contributed by atoms with Crippen molar-refractivity contribution in [2.24, 2.45) is 5.16 Å². The van der Waals surface area contributed by atoms with Crippen molar-refractivity contribution in [3.63, 3.8) is 0 Å². The van der Waals surface area contributed by atoms with Gasteiger partial charge >= 0.3 is 0 Å². The van der Waals surface area contributed by atoms with Gasteiger partial charge in [-0.3, -0.25) is 9.59 Å². The van der Waals surface area contributed by atoms with E-state index in [1.54, 1.807) is 11.0 Å². The fourth-order valence-electron chi connectivity index (χ4n) is 4.21. The fraction of sp³-hybridized carbons (Fsp3) is 0.269. The van der Waals surface area contributed by atoms with Crippen LogP contribution in [0.15, 0.2) is 60.0 Å². The summed E-state index contributed by atoms with van der Waals surface area (Å²) in [5.41, 5.74) is 8.75. The summed E-state index contributed by atoms with van der Waals surface area (Å²) in [5.74, 6) is 0.0251. The van der Waals surface area contributed by atoms with E-state index in [0.29, 0.717) is 46.0 Å². The molecule has 37 heavy (non-hydrogen) atoms. The molecule has 1 fully saturated rings. The number of nitrogens with zero attached hydrogens (tertiary/aromatic N) is 5. The topological polar surface area (TPSA) is 128 Å². The van der Waals surface area contributed by atoms with Crippen molar-refractivity contribution in [3.05, 3.63) is 71.0 Å². The first-order valence-electron chi connectivity index (χ1n) is 12.1. The number of nitrogens with one attached hydrogen (secondary N) is 1. The van der Waals surface area contributed by atoms with Gasteiger partial charge in [-0.2, -0.15) is 0 Å². The standard InChI is InChI=1S/C26H27N7O3S/c1-2-28-24(35)20-16-19-23(29-26(27)30-25(19)37-20)22(31-36-15-14-33-13-5-6-21(33)34)17-7-9-18(10-8-17)32-11-3-4-12-32/h3-4,7-12,16H,2,5-6,13-15H2,1H3,(H,28,35)(H2,27,29,30). The Morgan fingerprint density at radius 1 is 1.22 bits per heavy atom. The van der Waals surface area contributed by atoms with E-state index >= 15 is 0 Å². The minimum absolute atomic E-state index is 0.0751. The third-order valence-electron chi connectivity index (χ3n) is 6.02. The van der Waals surface area contributed by atoms with E-state index in [1.165, 1.54) is 11.3 Å². The number of carbonyl (C=O) groups is 2. The molecule has 2 amide bonds. The summed E-state index contributed by atoms with van der Waals surface area (Å²) >= 11 is 1.25. The van der Waals surface area contributed by atoms with Crippen LogP contribution in [0, 0.1) is 0 Å². The number of fused-ring (bicyclic) bond motifs is 1. The smallest absolute Gasteiger partial charge is 0.261 e. The number of benzene rings is 1. The van der Waals surface area contributed by atoms with Gasteiger partial charge in [0.2, 0.25) is 11.9 Å². The maximum Gasteiger partial charge on any atom is 0.261 e. The molecule has 1 saturated heterocycles. The molecular formula is C26H27N7O3S. The van der Waals surface area contributed by atoms with Crippen LogP contribution in [-0.4, -0.2) is 63.2 Å². The number of thiophene rings is 1. The third kappa shape index (κ3) is 5.31. The SMILES string of the molecule is CCNC(=O)c1cc2c(C(=NOCCN3CCCC3=O)c3ccc(-n4cccc4)cc3)nc(N)nc2s1. The summed E-state index contributed by atoms with van der Waals surface area (Å²) in [6.45, 7) is 3.82. The molecule has 1 aliphatic rings. The fourth-order valence-corrected chi connectivity index (χ4v) is 5.17. The van der Waals surface area contributed by atoms with Crippen molar-refractivity contribution in [3.8, 4) is 5.69 Å². The molecule has 3 N–H and O–H groups in total. The Bertz CT molecular complexity index is 1450. The summed E-state index contributed by atoms with van der Waals surface area (Å²) in [4.78, 5) is 41.8. The molecule has 4 aromatic rings. The summed E-state index contributed by atoms with van der Waals surface area (Å²) in [6, 6.07) is 13.5. The molecule has 0 radical (unpaired) electrons.